The molecule has 1 aliphatic heterocycles. The van der Waals surface area contributed by atoms with Crippen LogP contribution < -0.4 is 5.32 Å². The van der Waals surface area contributed by atoms with E-state index in [9.17, 15) is 0 Å². The summed E-state index contributed by atoms with van der Waals surface area (Å²) in [6.07, 6.45) is 3.23. The van der Waals surface area contributed by atoms with Crippen molar-refractivity contribution >= 4 is 0 Å². The van der Waals surface area contributed by atoms with E-state index in [0.717, 1.165) is 58.1 Å². The summed E-state index contributed by atoms with van der Waals surface area (Å²) in [6.45, 7) is 11.1. The third kappa shape index (κ3) is 4.89. The number of nitrogens with one attached hydrogen (secondary N) is 1. The molecular weight excluding hydrogens is 242 g/mol. The van der Waals surface area contributed by atoms with Crippen LogP contribution in [-0.2, 0) is 17.8 Å². The third-order valence-electron chi connectivity index (χ3n) is 3.27. The molecule has 0 atom stereocenters. The molecule has 1 aliphatic rings. The topological polar surface area (TPSA) is 55.2 Å². The minimum absolute atomic E-state index is 0.339. The van der Waals surface area contributed by atoms with E-state index in [0.29, 0.717) is 6.10 Å². The molecule has 0 amide bonds. The summed E-state index contributed by atoms with van der Waals surface area (Å²) in [5, 5.41) is 11.5. The van der Waals surface area contributed by atoms with Gasteiger partial charge in [0.15, 0.2) is 0 Å². The van der Waals surface area contributed by atoms with Crippen molar-refractivity contribution in [3.63, 3.8) is 0 Å². The number of fused-ring (bicyclic) bond motifs is 1. The van der Waals surface area contributed by atoms with Crippen LogP contribution in [0.2, 0.25) is 0 Å². The molecule has 0 aliphatic carbocycles. The van der Waals surface area contributed by atoms with Gasteiger partial charge < -0.3 is 14.6 Å². The highest BCUT2D eigenvalue weighted by Crippen LogP contribution is 2.07. The van der Waals surface area contributed by atoms with Crippen molar-refractivity contribution in [2.45, 2.75) is 39.5 Å². The lowest BCUT2D eigenvalue weighted by Gasteiger charge is -2.26. The third-order valence-corrected chi connectivity index (χ3v) is 3.27. The zero-order chi connectivity index (χ0) is 13.5. The zero-order valence-electron chi connectivity index (χ0n) is 12.0. The molecule has 0 radical (unpaired) electrons. The molecule has 0 spiro atoms. The number of nitrogens with zero attached hydrogens (tertiary/aromatic N) is 4. The van der Waals surface area contributed by atoms with Gasteiger partial charge in [-0.2, -0.15) is 0 Å². The van der Waals surface area contributed by atoms with Crippen molar-refractivity contribution in [3.05, 3.63) is 12.2 Å². The number of hydrogen-bond acceptors (Lipinski definition) is 5. The Balaban J connectivity index is 1.50. The van der Waals surface area contributed by atoms with E-state index in [1.54, 1.807) is 0 Å². The maximum absolute atomic E-state index is 5.50. The van der Waals surface area contributed by atoms with Gasteiger partial charge in [-0.3, -0.25) is 4.90 Å². The van der Waals surface area contributed by atoms with Crippen LogP contribution in [0.5, 0.6) is 0 Å². The maximum atomic E-state index is 5.50. The Labute approximate surface area is 115 Å². The molecule has 0 fully saturated rings. The fourth-order valence-electron chi connectivity index (χ4n) is 2.19. The van der Waals surface area contributed by atoms with E-state index in [2.05, 4.69) is 38.8 Å². The monoisotopic (exact) mass is 267 g/mol. The molecule has 2 heterocycles. The van der Waals surface area contributed by atoms with E-state index >= 15 is 0 Å². The minimum atomic E-state index is 0.339. The molecule has 19 heavy (non-hydrogen) atoms. The summed E-state index contributed by atoms with van der Waals surface area (Å²) in [6, 6.07) is 0. The van der Waals surface area contributed by atoms with Gasteiger partial charge in [0, 0.05) is 32.8 Å². The van der Waals surface area contributed by atoms with E-state index in [1.165, 1.54) is 0 Å². The molecule has 0 saturated heterocycles. The summed E-state index contributed by atoms with van der Waals surface area (Å²) in [4.78, 5) is 2.42. The van der Waals surface area contributed by atoms with Gasteiger partial charge in [-0.15, -0.1) is 10.2 Å². The standard InChI is InChI=1S/C13H25N5O/c1-12(2)19-9-3-4-14-5-6-17-7-8-18-11-15-16-13(18)10-17/h11-12,14H,3-10H2,1-2H3. The predicted octanol–water partition coefficient (Wildman–Crippen LogP) is 0.498. The Bertz CT molecular complexity index is 366. The van der Waals surface area contributed by atoms with E-state index in [4.69, 9.17) is 4.74 Å². The van der Waals surface area contributed by atoms with Crippen LogP contribution in [0.25, 0.3) is 0 Å². The van der Waals surface area contributed by atoms with Crippen LogP contribution in [0, 0.1) is 0 Å². The largest absolute Gasteiger partial charge is 0.379 e. The summed E-state index contributed by atoms with van der Waals surface area (Å²) in [7, 11) is 0. The highest BCUT2D eigenvalue weighted by atomic mass is 16.5. The second-order valence-corrected chi connectivity index (χ2v) is 5.24. The molecule has 1 aromatic rings. The van der Waals surface area contributed by atoms with Gasteiger partial charge in [-0.25, -0.2) is 0 Å². The first kappa shape index (κ1) is 14.4. The summed E-state index contributed by atoms with van der Waals surface area (Å²) >= 11 is 0. The average Bonchev–Trinajstić information content (AvgIpc) is 2.84. The van der Waals surface area contributed by atoms with Gasteiger partial charge in [-0.1, -0.05) is 0 Å². The van der Waals surface area contributed by atoms with Crippen LogP contribution in [0.4, 0.5) is 0 Å². The van der Waals surface area contributed by atoms with Crippen molar-refractivity contribution in [1.29, 1.82) is 0 Å². The van der Waals surface area contributed by atoms with Crippen LogP contribution in [-0.4, -0.2) is 58.6 Å². The van der Waals surface area contributed by atoms with Gasteiger partial charge in [-0.05, 0) is 26.8 Å². The normalized spacial score (nSPS) is 15.9. The fourth-order valence-corrected chi connectivity index (χ4v) is 2.19. The Morgan fingerprint density at radius 2 is 2.26 bits per heavy atom. The molecule has 1 aromatic heterocycles. The Morgan fingerprint density at radius 3 is 3.11 bits per heavy atom. The molecule has 108 valence electrons. The number of aromatic nitrogens is 3. The lowest BCUT2D eigenvalue weighted by Crippen LogP contribution is -2.38. The van der Waals surface area contributed by atoms with Gasteiger partial charge in [0.2, 0.25) is 0 Å². The van der Waals surface area contributed by atoms with Gasteiger partial charge in [0.05, 0.1) is 12.6 Å². The van der Waals surface area contributed by atoms with Crippen molar-refractivity contribution in [1.82, 2.24) is 25.0 Å². The molecule has 0 unspecified atom stereocenters. The number of hydrogen-bond donors (Lipinski definition) is 1. The van der Waals surface area contributed by atoms with Gasteiger partial charge in [0.25, 0.3) is 0 Å². The molecular formula is C13H25N5O. The second kappa shape index (κ2) is 7.57. The Morgan fingerprint density at radius 1 is 1.37 bits per heavy atom. The lowest BCUT2D eigenvalue weighted by atomic mass is 10.3. The van der Waals surface area contributed by atoms with Crippen LogP contribution in [0.1, 0.15) is 26.1 Å². The number of ether oxygens (including phenoxy) is 1. The van der Waals surface area contributed by atoms with Crippen LogP contribution in [0.3, 0.4) is 0 Å². The molecule has 0 saturated carbocycles. The summed E-state index contributed by atoms with van der Waals surface area (Å²) in [5.41, 5.74) is 0. The van der Waals surface area contributed by atoms with E-state index < -0.39 is 0 Å². The first-order valence-electron chi connectivity index (χ1n) is 7.17. The minimum Gasteiger partial charge on any atom is -0.379 e. The molecule has 0 bridgehead atoms. The van der Waals surface area contributed by atoms with E-state index in [-0.39, 0.29) is 0 Å². The van der Waals surface area contributed by atoms with Crippen molar-refractivity contribution in [2.75, 3.05) is 32.8 Å². The van der Waals surface area contributed by atoms with Gasteiger partial charge in [0.1, 0.15) is 12.2 Å². The highest BCUT2D eigenvalue weighted by molar-refractivity contribution is 4.89. The first-order chi connectivity index (χ1) is 9.25. The Hall–Kier alpha value is -0.980. The van der Waals surface area contributed by atoms with Crippen LogP contribution >= 0.6 is 0 Å². The summed E-state index contributed by atoms with van der Waals surface area (Å²) in [5.74, 6) is 1.08. The average molecular weight is 267 g/mol. The van der Waals surface area contributed by atoms with Crippen molar-refractivity contribution in [2.24, 2.45) is 0 Å². The van der Waals surface area contributed by atoms with Crippen molar-refractivity contribution in [3.8, 4) is 0 Å². The molecule has 0 aromatic carbocycles. The predicted molar refractivity (Wildman–Crippen MR) is 73.9 cm³/mol. The quantitative estimate of drug-likeness (QED) is 0.695. The molecule has 6 nitrogen and oxygen atoms in total. The molecule has 2 rings (SSSR count). The second-order valence-electron chi connectivity index (χ2n) is 5.24. The van der Waals surface area contributed by atoms with Crippen LogP contribution in [0.15, 0.2) is 6.33 Å². The zero-order valence-corrected chi connectivity index (χ0v) is 12.0. The van der Waals surface area contributed by atoms with Gasteiger partial charge >= 0.3 is 0 Å². The molecule has 1 N–H and O–H groups in total. The smallest absolute Gasteiger partial charge is 0.147 e. The Kier molecular flexibility index (Phi) is 5.75. The summed E-state index contributed by atoms with van der Waals surface area (Å²) < 4.78 is 7.63. The number of rotatable bonds is 8. The highest BCUT2D eigenvalue weighted by Gasteiger charge is 2.16. The first-order valence-corrected chi connectivity index (χ1v) is 7.17. The van der Waals surface area contributed by atoms with Crippen molar-refractivity contribution < 1.29 is 4.74 Å². The van der Waals surface area contributed by atoms with E-state index in [1.807, 2.05) is 6.33 Å². The SMILES string of the molecule is CC(C)OCCCNCCN1CCn2cnnc2C1. The molecule has 6 heteroatoms. The lowest BCUT2D eigenvalue weighted by molar-refractivity contribution is 0.0769. The maximum Gasteiger partial charge on any atom is 0.147 e. The fraction of sp³-hybridized carbons (Fsp3) is 0.846.